The van der Waals surface area contributed by atoms with Gasteiger partial charge in [-0.25, -0.2) is 0 Å². The molecule has 1 aromatic heterocycles. The monoisotopic (exact) mass is 243 g/mol. The molecule has 1 aliphatic heterocycles. The van der Waals surface area contributed by atoms with Crippen molar-refractivity contribution in [3.63, 3.8) is 0 Å². The molecule has 94 valence electrons. The summed E-state index contributed by atoms with van der Waals surface area (Å²) in [5.74, 6) is 0.297. The number of aromatic nitrogens is 1. The van der Waals surface area contributed by atoms with E-state index in [9.17, 15) is 5.11 Å². The molecule has 1 saturated heterocycles. The summed E-state index contributed by atoms with van der Waals surface area (Å²) >= 11 is 0. The zero-order chi connectivity index (χ0) is 12.5. The highest BCUT2D eigenvalue weighted by Crippen LogP contribution is 2.28. The van der Waals surface area contributed by atoms with Gasteiger partial charge >= 0.3 is 0 Å². The van der Waals surface area contributed by atoms with Gasteiger partial charge in [0, 0.05) is 43.4 Å². The molecule has 1 N–H and O–H groups in total. The highest BCUT2D eigenvalue weighted by atomic mass is 16.3. The minimum Gasteiger partial charge on any atom is -0.508 e. The maximum Gasteiger partial charge on any atom is 0.116 e. The summed E-state index contributed by atoms with van der Waals surface area (Å²) in [4.78, 5) is 9.04. The van der Waals surface area contributed by atoms with Gasteiger partial charge in [0.1, 0.15) is 5.75 Å². The molecular weight excluding hydrogens is 226 g/mol. The number of phenolic OH excluding ortho intramolecular Hbond substituents is 1. The van der Waals surface area contributed by atoms with Crippen molar-refractivity contribution < 1.29 is 5.11 Å². The highest BCUT2D eigenvalue weighted by Gasteiger charge is 2.16. The molecule has 2 heterocycles. The molecule has 3 rings (SSSR count). The van der Waals surface area contributed by atoms with Crippen molar-refractivity contribution in [2.24, 2.45) is 0 Å². The first kappa shape index (κ1) is 11.3. The molecule has 0 spiro atoms. The predicted octanol–water partition coefficient (Wildman–Crippen LogP) is 1.69. The van der Waals surface area contributed by atoms with Gasteiger partial charge in [-0.3, -0.25) is 4.98 Å². The molecule has 1 aromatic carbocycles. The lowest BCUT2D eigenvalue weighted by atomic mass is 10.1. The van der Waals surface area contributed by atoms with E-state index >= 15 is 0 Å². The third kappa shape index (κ3) is 1.99. The number of anilines is 1. The molecule has 0 aliphatic carbocycles. The van der Waals surface area contributed by atoms with Gasteiger partial charge in [0.05, 0.1) is 5.52 Å². The van der Waals surface area contributed by atoms with E-state index in [0.29, 0.717) is 5.75 Å². The average molecular weight is 243 g/mol. The normalized spacial score (nSPS) is 17.3. The van der Waals surface area contributed by atoms with E-state index < -0.39 is 0 Å². The summed E-state index contributed by atoms with van der Waals surface area (Å²) in [5, 5.41) is 10.7. The second-order valence-corrected chi connectivity index (χ2v) is 4.82. The van der Waals surface area contributed by atoms with Crippen molar-refractivity contribution >= 4 is 16.6 Å². The molecule has 0 amide bonds. The molecule has 0 bridgehead atoms. The zero-order valence-corrected chi connectivity index (χ0v) is 10.5. The fraction of sp³-hybridized carbons (Fsp3) is 0.357. The molecule has 18 heavy (non-hydrogen) atoms. The zero-order valence-electron chi connectivity index (χ0n) is 10.5. The van der Waals surface area contributed by atoms with Crippen LogP contribution in [0.2, 0.25) is 0 Å². The standard InChI is InChI=1S/C14H17N3O/c1-16-6-8-17(9-7-16)14-4-5-15-13-3-2-11(18)10-12(13)14/h2-5,10,18H,6-9H2,1H3. The number of benzene rings is 1. The molecule has 1 aliphatic rings. The van der Waals surface area contributed by atoms with Crippen LogP contribution in [0.15, 0.2) is 30.5 Å². The number of hydrogen-bond acceptors (Lipinski definition) is 4. The van der Waals surface area contributed by atoms with Crippen molar-refractivity contribution in [1.29, 1.82) is 0 Å². The molecule has 4 heteroatoms. The average Bonchev–Trinajstić information content (AvgIpc) is 2.39. The van der Waals surface area contributed by atoms with Crippen LogP contribution in [0, 0.1) is 0 Å². The third-order valence-electron chi connectivity index (χ3n) is 3.55. The Bertz CT molecular complexity index is 562. The van der Waals surface area contributed by atoms with Crippen LogP contribution in [0.4, 0.5) is 5.69 Å². The third-order valence-corrected chi connectivity index (χ3v) is 3.55. The first-order valence-electron chi connectivity index (χ1n) is 6.25. The summed E-state index contributed by atoms with van der Waals surface area (Å²) in [6.45, 7) is 4.18. The largest absolute Gasteiger partial charge is 0.508 e. The van der Waals surface area contributed by atoms with E-state index in [2.05, 4.69) is 21.8 Å². The number of rotatable bonds is 1. The Kier molecular flexibility index (Phi) is 2.80. The number of phenols is 1. The molecule has 1 fully saturated rings. The molecular formula is C14H17N3O. The Balaban J connectivity index is 2.03. The lowest BCUT2D eigenvalue weighted by Gasteiger charge is -2.34. The van der Waals surface area contributed by atoms with Crippen LogP contribution in [0.3, 0.4) is 0 Å². The van der Waals surface area contributed by atoms with Crippen LogP contribution in [0.1, 0.15) is 0 Å². The minimum atomic E-state index is 0.297. The number of piperazine rings is 1. The van der Waals surface area contributed by atoms with E-state index in [4.69, 9.17) is 0 Å². The number of aromatic hydroxyl groups is 1. The van der Waals surface area contributed by atoms with Crippen molar-refractivity contribution in [2.75, 3.05) is 38.1 Å². The summed E-state index contributed by atoms with van der Waals surface area (Å²) in [6, 6.07) is 7.39. The Hall–Kier alpha value is -1.81. The van der Waals surface area contributed by atoms with Crippen molar-refractivity contribution in [3.05, 3.63) is 30.5 Å². The molecule has 0 unspecified atom stereocenters. The topological polar surface area (TPSA) is 39.6 Å². The Morgan fingerprint density at radius 3 is 2.67 bits per heavy atom. The molecule has 2 aromatic rings. The smallest absolute Gasteiger partial charge is 0.116 e. The Morgan fingerprint density at radius 2 is 1.89 bits per heavy atom. The molecule has 4 nitrogen and oxygen atoms in total. The van der Waals surface area contributed by atoms with Crippen LogP contribution in [0.5, 0.6) is 5.75 Å². The maximum absolute atomic E-state index is 9.64. The lowest BCUT2D eigenvalue weighted by Crippen LogP contribution is -2.44. The minimum absolute atomic E-state index is 0.297. The Labute approximate surface area is 106 Å². The van der Waals surface area contributed by atoms with E-state index in [1.165, 1.54) is 5.69 Å². The van der Waals surface area contributed by atoms with Crippen LogP contribution >= 0.6 is 0 Å². The highest BCUT2D eigenvalue weighted by molar-refractivity contribution is 5.92. The molecule has 0 saturated carbocycles. The van der Waals surface area contributed by atoms with Crippen LogP contribution in [0.25, 0.3) is 10.9 Å². The second-order valence-electron chi connectivity index (χ2n) is 4.82. The van der Waals surface area contributed by atoms with Gasteiger partial charge in [-0.1, -0.05) is 0 Å². The summed E-state index contributed by atoms with van der Waals surface area (Å²) in [6.07, 6.45) is 1.84. The van der Waals surface area contributed by atoms with Gasteiger partial charge in [0.2, 0.25) is 0 Å². The predicted molar refractivity (Wildman–Crippen MR) is 73.1 cm³/mol. The van der Waals surface area contributed by atoms with Gasteiger partial charge in [0.15, 0.2) is 0 Å². The number of nitrogens with zero attached hydrogens (tertiary/aromatic N) is 3. The van der Waals surface area contributed by atoms with Crippen LogP contribution in [-0.2, 0) is 0 Å². The lowest BCUT2D eigenvalue weighted by molar-refractivity contribution is 0.313. The van der Waals surface area contributed by atoms with Crippen molar-refractivity contribution in [1.82, 2.24) is 9.88 Å². The van der Waals surface area contributed by atoms with Gasteiger partial charge in [-0.15, -0.1) is 0 Å². The van der Waals surface area contributed by atoms with Gasteiger partial charge < -0.3 is 14.9 Å². The van der Waals surface area contributed by atoms with Crippen molar-refractivity contribution in [3.8, 4) is 5.75 Å². The van der Waals surface area contributed by atoms with Gasteiger partial charge in [-0.05, 0) is 31.3 Å². The number of fused-ring (bicyclic) bond motifs is 1. The second kappa shape index (κ2) is 4.46. The SMILES string of the molecule is CN1CCN(c2ccnc3ccc(O)cc23)CC1. The summed E-state index contributed by atoms with van der Waals surface area (Å²) in [7, 11) is 2.15. The number of pyridine rings is 1. The number of hydrogen-bond donors (Lipinski definition) is 1. The Morgan fingerprint density at radius 1 is 1.11 bits per heavy atom. The van der Waals surface area contributed by atoms with Crippen LogP contribution in [-0.4, -0.2) is 48.2 Å². The van der Waals surface area contributed by atoms with E-state index in [-0.39, 0.29) is 0 Å². The fourth-order valence-electron chi connectivity index (χ4n) is 2.44. The van der Waals surface area contributed by atoms with Gasteiger partial charge in [0.25, 0.3) is 0 Å². The van der Waals surface area contributed by atoms with E-state index in [1.807, 2.05) is 18.3 Å². The quantitative estimate of drug-likeness (QED) is 0.827. The number of likely N-dealkylation sites (N-methyl/N-ethyl adjacent to an activating group) is 1. The van der Waals surface area contributed by atoms with E-state index in [0.717, 1.165) is 37.1 Å². The first-order chi connectivity index (χ1) is 8.74. The maximum atomic E-state index is 9.64. The van der Waals surface area contributed by atoms with E-state index in [1.54, 1.807) is 12.1 Å². The fourth-order valence-corrected chi connectivity index (χ4v) is 2.44. The summed E-state index contributed by atoms with van der Waals surface area (Å²) in [5.41, 5.74) is 2.10. The van der Waals surface area contributed by atoms with Crippen molar-refractivity contribution in [2.45, 2.75) is 0 Å². The van der Waals surface area contributed by atoms with Crippen LogP contribution < -0.4 is 4.90 Å². The molecule has 0 atom stereocenters. The first-order valence-corrected chi connectivity index (χ1v) is 6.25. The summed E-state index contributed by atoms with van der Waals surface area (Å²) < 4.78 is 0. The van der Waals surface area contributed by atoms with Gasteiger partial charge in [-0.2, -0.15) is 0 Å². The molecule has 0 radical (unpaired) electrons.